The van der Waals surface area contributed by atoms with Crippen LogP contribution in [0.1, 0.15) is 24.9 Å². The maximum absolute atomic E-state index is 13.2. The second-order valence-corrected chi connectivity index (χ2v) is 4.25. The fraction of sp³-hybridized carbons (Fsp3) is 0.400. The molecule has 2 nitrogen and oxygen atoms in total. The van der Waals surface area contributed by atoms with Gasteiger partial charge in [-0.1, -0.05) is 6.92 Å². The summed E-state index contributed by atoms with van der Waals surface area (Å²) in [6, 6.07) is 2.87. The third kappa shape index (κ3) is 1.42. The molecule has 2 N–H and O–H groups in total. The van der Waals surface area contributed by atoms with Crippen LogP contribution in [-0.2, 0) is 0 Å². The van der Waals surface area contributed by atoms with E-state index in [4.69, 9.17) is 10.5 Å². The van der Waals surface area contributed by atoms with Crippen molar-refractivity contribution in [2.75, 3.05) is 0 Å². The Labute approximate surface area is 90.4 Å². The lowest BCUT2D eigenvalue weighted by molar-refractivity contribution is 0.202. The van der Waals surface area contributed by atoms with Crippen molar-refractivity contribution in [2.24, 2.45) is 5.73 Å². The van der Waals surface area contributed by atoms with Crippen molar-refractivity contribution in [2.45, 2.75) is 25.5 Å². The molecule has 2 rings (SSSR count). The minimum atomic E-state index is -0.292. The number of hydrogen-bond donors (Lipinski definition) is 1. The van der Waals surface area contributed by atoms with Crippen molar-refractivity contribution in [3.05, 3.63) is 28.0 Å². The molecule has 0 radical (unpaired) electrons. The van der Waals surface area contributed by atoms with E-state index in [1.807, 2.05) is 6.92 Å². The third-order valence-corrected chi connectivity index (χ3v) is 3.10. The first kappa shape index (κ1) is 9.93. The molecule has 1 heterocycles. The van der Waals surface area contributed by atoms with E-state index in [1.165, 1.54) is 6.07 Å². The number of hydrogen-bond acceptors (Lipinski definition) is 2. The van der Waals surface area contributed by atoms with Gasteiger partial charge < -0.3 is 10.5 Å². The van der Waals surface area contributed by atoms with Crippen molar-refractivity contribution in [3.8, 4) is 5.75 Å². The Morgan fingerprint density at radius 2 is 2.29 bits per heavy atom. The predicted molar refractivity (Wildman–Crippen MR) is 55.7 cm³/mol. The van der Waals surface area contributed by atoms with Crippen molar-refractivity contribution in [1.82, 2.24) is 0 Å². The maximum Gasteiger partial charge on any atom is 0.137 e. The van der Waals surface area contributed by atoms with Crippen LogP contribution in [0.3, 0.4) is 0 Å². The topological polar surface area (TPSA) is 35.2 Å². The zero-order chi connectivity index (χ0) is 10.3. The van der Waals surface area contributed by atoms with E-state index >= 15 is 0 Å². The zero-order valence-corrected chi connectivity index (χ0v) is 9.34. The van der Waals surface area contributed by atoms with Crippen LogP contribution in [-0.4, -0.2) is 6.10 Å². The van der Waals surface area contributed by atoms with Crippen LogP contribution in [0.15, 0.2) is 16.6 Å². The van der Waals surface area contributed by atoms with Crippen LogP contribution < -0.4 is 10.5 Å². The highest BCUT2D eigenvalue weighted by molar-refractivity contribution is 9.10. The average molecular weight is 260 g/mol. The predicted octanol–water partition coefficient (Wildman–Crippen LogP) is 2.76. The van der Waals surface area contributed by atoms with Crippen molar-refractivity contribution >= 4 is 15.9 Å². The van der Waals surface area contributed by atoms with E-state index in [1.54, 1.807) is 6.07 Å². The normalized spacial score (nSPS) is 24.6. The lowest BCUT2D eigenvalue weighted by atomic mass is 10.0. The Bertz CT molecular complexity index is 369. The minimum Gasteiger partial charge on any atom is -0.488 e. The Balaban J connectivity index is 2.44. The highest BCUT2D eigenvalue weighted by Gasteiger charge is 2.31. The van der Waals surface area contributed by atoms with E-state index in [2.05, 4.69) is 15.9 Å². The fourth-order valence-electron chi connectivity index (χ4n) is 1.68. The second-order valence-electron chi connectivity index (χ2n) is 3.39. The Hall–Kier alpha value is -0.610. The number of rotatable bonds is 1. The molecule has 0 spiro atoms. The summed E-state index contributed by atoms with van der Waals surface area (Å²) in [5.74, 6) is 0.400. The lowest BCUT2D eigenvalue weighted by Crippen LogP contribution is -2.24. The average Bonchev–Trinajstić information content (AvgIpc) is 2.45. The molecule has 0 amide bonds. The van der Waals surface area contributed by atoms with E-state index in [0.29, 0.717) is 10.2 Å². The van der Waals surface area contributed by atoms with Gasteiger partial charge in [0.1, 0.15) is 17.7 Å². The van der Waals surface area contributed by atoms with Crippen LogP contribution in [0.2, 0.25) is 0 Å². The zero-order valence-electron chi connectivity index (χ0n) is 7.76. The summed E-state index contributed by atoms with van der Waals surface area (Å²) in [4.78, 5) is 0. The minimum absolute atomic E-state index is 0.0290. The van der Waals surface area contributed by atoms with Crippen LogP contribution >= 0.6 is 15.9 Å². The van der Waals surface area contributed by atoms with Gasteiger partial charge in [-0.05, 0) is 34.5 Å². The van der Waals surface area contributed by atoms with E-state index in [9.17, 15) is 4.39 Å². The van der Waals surface area contributed by atoms with Crippen LogP contribution in [0.4, 0.5) is 4.39 Å². The number of halogens is 2. The molecule has 1 aromatic carbocycles. The maximum atomic E-state index is 13.2. The number of ether oxygens (including phenoxy) is 1. The van der Waals surface area contributed by atoms with Crippen LogP contribution in [0.5, 0.6) is 5.75 Å². The van der Waals surface area contributed by atoms with Gasteiger partial charge in [0.15, 0.2) is 0 Å². The summed E-state index contributed by atoms with van der Waals surface area (Å²) < 4.78 is 19.2. The molecular weight excluding hydrogens is 249 g/mol. The fourth-order valence-corrected chi connectivity index (χ4v) is 2.00. The standard InChI is InChI=1S/C10H11BrFNO/c1-2-8-10(13)5-3-7(12)6(11)4-9(5)14-8/h3-4,8,10H,2,13H2,1H3. The Morgan fingerprint density at radius 1 is 1.57 bits per heavy atom. The lowest BCUT2D eigenvalue weighted by Gasteiger charge is -2.11. The molecule has 0 bridgehead atoms. The molecule has 0 aliphatic carbocycles. The first-order valence-electron chi connectivity index (χ1n) is 4.54. The highest BCUT2D eigenvalue weighted by atomic mass is 79.9. The molecule has 2 atom stereocenters. The third-order valence-electron chi connectivity index (χ3n) is 2.49. The molecular formula is C10H11BrFNO. The van der Waals surface area contributed by atoms with Gasteiger partial charge in [-0.2, -0.15) is 0 Å². The number of fused-ring (bicyclic) bond motifs is 1. The molecule has 2 unspecified atom stereocenters. The van der Waals surface area contributed by atoms with Crippen molar-refractivity contribution in [3.63, 3.8) is 0 Å². The van der Waals surface area contributed by atoms with E-state index < -0.39 is 0 Å². The van der Waals surface area contributed by atoms with Gasteiger partial charge in [0.05, 0.1) is 10.5 Å². The van der Waals surface area contributed by atoms with Crippen LogP contribution in [0, 0.1) is 5.82 Å². The molecule has 1 aromatic rings. The molecule has 1 aliphatic rings. The molecule has 1 aliphatic heterocycles. The summed E-state index contributed by atoms with van der Waals surface area (Å²) in [6.45, 7) is 2.00. The van der Waals surface area contributed by atoms with Gasteiger partial charge in [0.25, 0.3) is 0 Å². The van der Waals surface area contributed by atoms with Gasteiger partial charge in [-0.15, -0.1) is 0 Å². The summed E-state index contributed by atoms with van der Waals surface area (Å²) in [5.41, 5.74) is 6.67. The van der Waals surface area contributed by atoms with Crippen LogP contribution in [0.25, 0.3) is 0 Å². The SMILES string of the molecule is CCC1Oc2cc(Br)c(F)cc2C1N. The van der Waals surface area contributed by atoms with Gasteiger partial charge >= 0.3 is 0 Å². The molecule has 76 valence electrons. The molecule has 14 heavy (non-hydrogen) atoms. The first-order valence-corrected chi connectivity index (χ1v) is 5.34. The largest absolute Gasteiger partial charge is 0.488 e. The van der Waals surface area contributed by atoms with Gasteiger partial charge in [0, 0.05) is 5.56 Å². The molecule has 4 heteroatoms. The molecule has 0 saturated heterocycles. The smallest absolute Gasteiger partial charge is 0.137 e. The van der Waals surface area contributed by atoms with Gasteiger partial charge in [0.2, 0.25) is 0 Å². The molecule has 0 fully saturated rings. The number of benzene rings is 1. The summed E-state index contributed by atoms with van der Waals surface area (Å²) in [5, 5.41) is 0. The highest BCUT2D eigenvalue weighted by Crippen LogP contribution is 2.39. The second kappa shape index (κ2) is 3.51. The summed E-state index contributed by atoms with van der Waals surface area (Å²) in [6.07, 6.45) is 0.799. The number of nitrogens with two attached hydrogens (primary N) is 1. The summed E-state index contributed by atoms with van der Waals surface area (Å²) >= 11 is 3.11. The molecule has 0 aromatic heterocycles. The van der Waals surface area contributed by atoms with Crippen molar-refractivity contribution in [1.29, 1.82) is 0 Å². The summed E-state index contributed by atoms with van der Waals surface area (Å²) in [7, 11) is 0. The van der Waals surface area contributed by atoms with Gasteiger partial charge in [-0.25, -0.2) is 4.39 Å². The Kier molecular flexibility index (Phi) is 2.49. The Morgan fingerprint density at radius 3 is 2.93 bits per heavy atom. The van der Waals surface area contributed by atoms with E-state index in [-0.39, 0.29) is 18.0 Å². The monoisotopic (exact) mass is 259 g/mol. The quantitative estimate of drug-likeness (QED) is 0.842. The first-order chi connectivity index (χ1) is 6.63. The molecule has 0 saturated carbocycles. The van der Waals surface area contributed by atoms with Crippen molar-refractivity contribution < 1.29 is 9.13 Å². The van der Waals surface area contributed by atoms with E-state index in [0.717, 1.165) is 12.0 Å². The van der Waals surface area contributed by atoms with Gasteiger partial charge in [-0.3, -0.25) is 0 Å².